The van der Waals surface area contributed by atoms with Crippen molar-refractivity contribution in [3.05, 3.63) is 63.8 Å². The summed E-state index contributed by atoms with van der Waals surface area (Å²) >= 11 is 6.61. The fraction of sp³-hybridized carbons (Fsp3) is 0.476. The first kappa shape index (κ1) is 41.9. The summed E-state index contributed by atoms with van der Waals surface area (Å²) in [6, 6.07) is 9.09. The third-order valence-corrected chi connectivity index (χ3v) is 12.2. The second-order valence-corrected chi connectivity index (χ2v) is 16.7. The van der Waals surface area contributed by atoms with Gasteiger partial charge in [0.2, 0.25) is 17.8 Å². The lowest BCUT2D eigenvalue weighted by molar-refractivity contribution is -0.134. The van der Waals surface area contributed by atoms with Crippen molar-refractivity contribution in [2.75, 3.05) is 74.6 Å². The molecule has 3 amide bonds. The summed E-state index contributed by atoms with van der Waals surface area (Å²) in [5.41, 5.74) is 3.46. The number of nitrogens with one attached hydrogen (secondary N) is 3. The zero-order valence-electron chi connectivity index (χ0n) is 34.7. The number of fused-ring (bicyclic) bond motifs is 2. The number of anilines is 4. The van der Waals surface area contributed by atoms with Crippen LogP contribution in [-0.4, -0.2) is 123 Å². The van der Waals surface area contributed by atoms with Crippen molar-refractivity contribution in [2.45, 2.75) is 57.5 Å². The summed E-state index contributed by atoms with van der Waals surface area (Å²) in [5.74, 6) is -0.00263. The van der Waals surface area contributed by atoms with Crippen LogP contribution in [0, 0.1) is 5.92 Å². The number of piperazine rings is 1. The van der Waals surface area contributed by atoms with Gasteiger partial charge in [0.15, 0.2) is 18.2 Å². The number of carbonyl (C=O) groups is 3. The first-order valence-corrected chi connectivity index (χ1v) is 21.1. The molecule has 0 spiro atoms. The van der Waals surface area contributed by atoms with Crippen LogP contribution in [0.4, 0.5) is 23.1 Å². The van der Waals surface area contributed by atoms with Gasteiger partial charge in [-0.1, -0.05) is 23.7 Å². The molecule has 0 bridgehead atoms. The van der Waals surface area contributed by atoms with Crippen molar-refractivity contribution in [1.29, 1.82) is 0 Å². The van der Waals surface area contributed by atoms with Gasteiger partial charge in [0.25, 0.3) is 11.5 Å². The van der Waals surface area contributed by atoms with E-state index in [1.54, 1.807) is 12.3 Å². The molecule has 0 aliphatic carbocycles. The number of para-hydroxylation sites is 1. The Morgan fingerprint density at radius 3 is 2.61 bits per heavy atom. The highest BCUT2D eigenvalue weighted by Crippen LogP contribution is 2.36. The highest BCUT2D eigenvalue weighted by Gasteiger charge is 2.34. The van der Waals surface area contributed by atoms with Crippen molar-refractivity contribution in [2.24, 2.45) is 13.0 Å². The van der Waals surface area contributed by atoms with Crippen LogP contribution >= 0.6 is 11.6 Å². The quantitative estimate of drug-likeness (QED) is 0.133. The van der Waals surface area contributed by atoms with E-state index in [2.05, 4.69) is 41.8 Å². The van der Waals surface area contributed by atoms with E-state index in [9.17, 15) is 24.3 Å². The Labute approximate surface area is 357 Å². The topological polar surface area (TPSA) is 205 Å². The number of aryl methyl sites for hydroxylation is 1. The molecule has 0 saturated carbocycles. The lowest BCUT2D eigenvalue weighted by Gasteiger charge is -2.43. The van der Waals surface area contributed by atoms with Crippen molar-refractivity contribution in [1.82, 2.24) is 44.8 Å². The summed E-state index contributed by atoms with van der Waals surface area (Å²) in [5, 5.41) is 25.5. The molecule has 0 radical (unpaired) electrons. The second-order valence-electron chi connectivity index (χ2n) is 16.3. The average molecular weight is 855 g/mol. The van der Waals surface area contributed by atoms with Crippen LogP contribution in [0.25, 0.3) is 21.9 Å². The first-order chi connectivity index (χ1) is 29.4. The van der Waals surface area contributed by atoms with Gasteiger partial charge in [0, 0.05) is 76.6 Å². The number of rotatable bonds is 12. The van der Waals surface area contributed by atoms with Crippen LogP contribution in [-0.2, 0) is 21.4 Å². The van der Waals surface area contributed by atoms with Crippen molar-refractivity contribution in [3.63, 3.8) is 0 Å². The molecule has 2 atom stereocenters. The van der Waals surface area contributed by atoms with Gasteiger partial charge in [-0.25, -0.2) is 9.97 Å². The molecular weight excluding hydrogens is 804 g/mol. The lowest BCUT2D eigenvalue weighted by Crippen LogP contribution is -2.56. The first-order valence-electron chi connectivity index (χ1n) is 20.7. The molecule has 18 nitrogen and oxygen atoms in total. The number of ether oxygens (including phenoxy) is 1. The molecule has 3 aliphatic heterocycles. The fourth-order valence-corrected chi connectivity index (χ4v) is 8.96. The van der Waals surface area contributed by atoms with E-state index in [0.29, 0.717) is 65.4 Å². The average Bonchev–Trinajstić information content (AvgIpc) is 3.59. The summed E-state index contributed by atoms with van der Waals surface area (Å²) in [7, 11) is 3.41. The normalized spacial score (nSPS) is 19.2. The number of hydrogen-bond donors (Lipinski definition) is 4. The van der Waals surface area contributed by atoms with Gasteiger partial charge in [-0.3, -0.25) is 38.6 Å². The maximum absolute atomic E-state index is 13.2. The van der Waals surface area contributed by atoms with Crippen molar-refractivity contribution < 1.29 is 24.2 Å². The van der Waals surface area contributed by atoms with Gasteiger partial charge in [0.05, 0.1) is 53.5 Å². The smallest absolute Gasteiger partial charge is 0.294 e. The molecule has 1 unspecified atom stereocenters. The van der Waals surface area contributed by atoms with Crippen LogP contribution in [0.3, 0.4) is 0 Å². The fourth-order valence-electron chi connectivity index (χ4n) is 8.82. The lowest BCUT2D eigenvalue weighted by atomic mass is 9.92. The summed E-state index contributed by atoms with van der Waals surface area (Å²) in [4.78, 5) is 70.4. The van der Waals surface area contributed by atoms with E-state index in [0.717, 1.165) is 61.3 Å². The molecule has 3 aliphatic rings. The Bertz CT molecular complexity index is 2540. The Morgan fingerprint density at radius 1 is 1.07 bits per heavy atom. The molecule has 3 fully saturated rings. The minimum atomic E-state index is -0.447. The minimum absolute atomic E-state index is 0.0350. The number of aliphatic hydroxyl groups excluding tert-OH is 1. The number of piperidine rings is 2. The van der Waals surface area contributed by atoms with Crippen LogP contribution < -0.4 is 36.0 Å². The van der Waals surface area contributed by atoms with Crippen LogP contribution in [0.1, 0.15) is 57.2 Å². The predicted octanol–water partition coefficient (Wildman–Crippen LogP) is 3.10. The monoisotopic (exact) mass is 854 g/mol. The molecule has 5 aromatic rings. The number of nitrogens with zero attached hydrogens (tertiary/aromatic N) is 9. The second kappa shape index (κ2) is 17.6. The molecule has 322 valence electrons. The van der Waals surface area contributed by atoms with Crippen molar-refractivity contribution >= 4 is 74.4 Å². The van der Waals surface area contributed by atoms with Gasteiger partial charge in [-0.15, -0.1) is 0 Å². The number of pyridine rings is 2. The van der Waals surface area contributed by atoms with E-state index >= 15 is 0 Å². The number of carbonyl (C=O) groups excluding carboxylic acids is 3. The van der Waals surface area contributed by atoms with Gasteiger partial charge in [0.1, 0.15) is 10.7 Å². The molecule has 7 heterocycles. The van der Waals surface area contributed by atoms with Gasteiger partial charge >= 0.3 is 0 Å². The summed E-state index contributed by atoms with van der Waals surface area (Å²) in [6.45, 7) is 8.11. The van der Waals surface area contributed by atoms with E-state index in [1.165, 1.54) is 17.8 Å². The summed E-state index contributed by atoms with van der Waals surface area (Å²) in [6.07, 6.45) is 5.93. The molecule has 61 heavy (non-hydrogen) atoms. The Morgan fingerprint density at radius 2 is 1.87 bits per heavy atom. The van der Waals surface area contributed by atoms with E-state index in [1.807, 2.05) is 48.7 Å². The molecule has 8 rings (SSSR count). The Hall–Kier alpha value is -5.85. The largest absolute Gasteiger partial charge is 0.478 e. The van der Waals surface area contributed by atoms with Crippen LogP contribution in [0.15, 0.2) is 47.5 Å². The predicted molar refractivity (Wildman–Crippen MR) is 232 cm³/mol. The zero-order chi connectivity index (χ0) is 42.9. The van der Waals surface area contributed by atoms with E-state index < -0.39 is 5.92 Å². The SMILES string of the molecule is CNC(=O)COc1cc2cc(Nc3nc(N4CCN(CC5CCN(c6cccc7c(C8CCC(=O)NC8=O)nn(C)c67)CC5)C[C@H]4CO)ncc3Cl)cnc2n(C(C)C)c1=O. The number of halogens is 1. The maximum Gasteiger partial charge on any atom is 0.294 e. The molecule has 4 N–H and O–H groups in total. The zero-order valence-corrected chi connectivity index (χ0v) is 35.5. The van der Waals surface area contributed by atoms with E-state index in [-0.39, 0.29) is 54.3 Å². The van der Waals surface area contributed by atoms with Gasteiger partial charge in [-0.05, 0) is 57.2 Å². The minimum Gasteiger partial charge on any atom is -0.478 e. The standard InChI is InChI=1S/C42H51ClN12O6/c1-24(2)55-39-26(17-33(41(55)60)61-23-35(58)44-3)16-27(18-45-39)47-38-31(43)19-46-42(49-38)54-15-14-52(21-28(54)22-56)20-25-10-12-53(13-11-25)32-7-5-6-29-36(50-51(4)37(29)32)30-8-9-34(57)48-40(30)59/h5-7,16-19,24-25,28,30,56H,8-15,20-23H2,1-4H3,(H,44,58)(H,46,47,49)(H,48,57,59)/t28-,30?/m0/s1. The molecular formula is C42H51ClN12O6. The molecule has 3 saturated heterocycles. The Kier molecular flexibility index (Phi) is 12.1. The highest BCUT2D eigenvalue weighted by atomic mass is 35.5. The molecule has 19 heteroatoms. The number of aliphatic hydroxyl groups is 1. The maximum atomic E-state index is 13.2. The van der Waals surface area contributed by atoms with Gasteiger partial charge < -0.3 is 30.3 Å². The number of aromatic nitrogens is 6. The highest BCUT2D eigenvalue weighted by molar-refractivity contribution is 6.33. The molecule has 1 aromatic carbocycles. The number of hydrogen-bond acceptors (Lipinski definition) is 14. The van der Waals surface area contributed by atoms with E-state index in [4.69, 9.17) is 26.4 Å². The third-order valence-electron chi connectivity index (χ3n) is 11.9. The Balaban J connectivity index is 0.910. The van der Waals surface area contributed by atoms with Crippen LogP contribution in [0.5, 0.6) is 5.75 Å². The number of amides is 3. The third kappa shape index (κ3) is 8.56. The number of likely N-dealkylation sites (N-methyl/N-ethyl adjacent to an activating group) is 1. The van der Waals surface area contributed by atoms with Crippen molar-refractivity contribution in [3.8, 4) is 5.75 Å². The molecule has 4 aromatic heterocycles. The number of benzene rings is 1. The number of imide groups is 1. The summed E-state index contributed by atoms with van der Waals surface area (Å²) < 4.78 is 8.99. The van der Waals surface area contributed by atoms with Gasteiger partial charge in [-0.2, -0.15) is 10.1 Å². The van der Waals surface area contributed by atoms with Crippen LogP contribution in [0.2, 0.25) is 5.02 Å².